The largest absolute Gasteiger partial charge is 0.508 e. The molecular weight excluding hydrogens is 258 g/mol. The van der Waals surface area contributed by atoms with E-state index in [1.807, 2.05) is 0 Å². The van der Waals surface area contributed by atoms with Gasteiger partial charge in [-0.25, -0.2) is 0 Å². The Labute approximate surface area is 116 Å². The first-order chi connectivity index (χ1) is 8.97. The van der Waals surface area contributed by atoms with Crippen molar-refractivity contribution in [3.63, 3.8) is 0 Å². The maximum absolute atomic E-state index is 12.0. The zero-order chi connectivity index (χ0) is 14.0. The third-order valence-electron chi connectivity index (χ3n) is 3.10. The molecule has 2 aromatic rings. The van der Waals surface area contributed by atoms with Crippen molar-refractivity contribution in [1.29, 1.82) is 0 Å². The van der Waals surface area contributed by atoms with Crippen LogP contribution in [0.1, 0.15) is 31.2 Å². The fourth-order valence-electron chi connectivity index (χ4n) is 1.80. The highest BCUT2D eigenvalue weighted by Crippen LogP contribution is 2.21. The van der Waals surface area contributed by atoms with E-state index in [-0.39, 0.29) is 11.7 Å². The van der Waals surface area contributed by atoms with Crippen LogP contribution < -0.4 is 5.32 Å². The summed E-state index contributed by atoms with van der Waals surface area (Å²) in [7, 11) is 0. The van der Waals surface area contributed by atoms with Gasteiger partial charge >= 0.3 is 0 Å². The van der Waals surface area contributed by atoms with E-state index in [1.54, 1.807) is 36.5 Å². The van der Waals surface area contributed by atoms with Crippen LogP contribution in [0.5, 0.6) is 5.75 Å². The van der Waals surface area contributed by atoms with Crippen LogP contribution in [-0.2, 0) is 6.54 Å². The van der Waals surface area contributed by atoms with Crippen molar-refractivity contribution in [2.45, 2.75) is 27.3 Å². The summed E-state index contributed by atoms with van der Waals surface area (Å²) in [5.74, 6) is 0.0906. The first-order valence-corrected chi connectivity index (χ1v) is 6.92. The van der Waals surface area contributed by atoms with Crippen molar-refractivity contribution in [3.05, 3.63) is 50.7 Å². The van der Waals surface area contributed by atoms with Crippen molar-refractivity contribution in [3.8, 4) is 5.75 Å². The Balaban J connectivity index is 2.03. The van der Waals surface area contributed by atoms with Gasteiger partial charge in [0.2, 0.25) is 0 Å². The molecule has 1 aromatic carbocycles. The minimum atomic E-state index is -0.119. The smallest absolute Gasteiger partial charge is 0.251 e. The van der Waals surface area contributed by atoms with Gasteiger partial charge in [0.05, 0.1) is 6.54 Å². The number of hydrogen-bond donors (Lipinski definition) is 2. The minimum Gasteiger partial charge on any atom is -0.508 e. The highest BCUT2D eigenvalue weighted by atomic mass is 32.1. The second-order valence-electron chi connectivity index (χ2n) is 4.64. The molecule has 0 spiro atoms. The predicted molar refractivity (Wildman–Crippen MR) is 77.8 cm³/mol. The Hall–Kier alpha value is -1.81. The number of carbonyl (C=O) groups excluding carboxylic acids is 1. The number of amides is 1. The summed E-state index contributed by atoms with van der Waals surface area (Å²) in [6.07, 6.45) is 0. The summed E-state index contributed by atoms with van der Waals surface area (Å²) in [5.41, 5.74) is 2.53. The fraction of sp³-hybridized carbons (Fsp3) is 0.267. The predicted octanol–water partition coefficient (Wildman–Crippen LogP) is 3.31. The molecule has 2 N–H and O–H groups in total. The van der Waals surface area contributed by atoms with Gasteiger partial charge in [0, 0.05) is 15.3 Å². The molecule has 0 unspecified atom stereocenters. The summed E-state index contributed by atoms with van der Waals surface area (Å²) in [6, 6.07) is 6.96. The van der Waals surface area contributed by atoms with Crippen LogP contribution in [0.2, 0.25) is 0 Å². The Bertz CT molecular complexity index is 597. The van der Waals surface area contributed by atoms with Crippen molar-refractivity contribution in [1.82, 2.24) is 5.32 Å². The molecule has 100 valence electrons. The lowest BCUT2D eigenvalue weighted by Crippen LogP contribution is -2.22. The van der Waals surface area contributed by atoms with Crippen LogP contribution in [0.25, 0.3) is 0 Å². The third kappa shape index (κ3) is 3.15. The van der Waals surface area contributed by atoms with E-state index in [0.29, 0.717) is 17.7 Å². The topological polar surface area (TPSA) is 49.3 Å². The van der Waals surface area contributed by atoms with Gasteiger partial charge in [-0.15, -0.1) is 11.3 Å². The number of rotatable bonds is 3. The number of phenols is 1. The quantitative estimate of drug-likeness (QED) is 0.903. The summed E-state index contributed by atoms with van der Waals surface area (Å²) < 4.78 is 0. The summed E-state index contributed by atoms with van der Waals surface area (Å²) >= 11 is 1.70. The van der Waals surface area contributed by atoms with Gasteiger partial charge in [0.25, 0.3) is 5.91 Å². The van der Waals surface area contributed by atoms with Gasteiger partial charge in [-0.3, -0.25) is 4.79 Å². The van der Waals surface area contributed by atoms with Crippen LogP contribution in [0.4, 0.5) is 0 Å². The van der Waals surface area contributed by atoms with Crippen LogP contribution >= 0.6 is 11.3 Å². The first kappa shape index (κ1) is 13.6. The molecule has 0 aliphatic carbocycles. The van der Waals surface area contributed by atoms with E-state index in [2.05, 4.69) is 25.2 Å². The van der Waals surface area contributed by atoms with E-state index in [4.69, 9.17) is 0 Å². The fourth-order valence-corrected chi connectivity index (χ4v) is 2.80. The van der Waals surface area contributed by atoms with Gasteiger partial charge in [-0.2, -0.15) is 0 Å². The van der Waals surface area contributed by atoms with Crippen molar-refractivity contribution in [2.24, 2.45) is 0 Å². The number of thiophene rings is 1. The van der Waals surface area contributed by atoms with Gasteiger partial charge in [0.15, 0.2) is 0 Å². The highest BCUT2D eigenvalue weighted by molar-refractivity contribution is 7.12. The summed E-state index contributed by atoms with van der Waals surface area (Å²) in [6.45, 7) is 6.46. The normalized spacial score (nSPS) is 10.5. The SMILES string of the molecule is Cc1cc(C(=O)NCc2cc(C)c(C)s2)ccc1O. The van der Waals surface area contributed by atoms with Crippen LogP contribution in [0, 0.1) is 20.8 Å². The molecule has 2 rings (SSSR count). The number of phenolic OH excluding ortho intramolecular Hbond substituents is 1. The van der Waals surface area contributed by atoms with Gasteiger partial charge in [-0.05, 0) is 56.2 Å². The lowest BCUT2D eigenvalue weighted by molar-refractivity contribution is 0.0951. The molecule has 0 bridgehead atoms. The van der Waals surface area contributed by atoms with Crippen molar-refractivity contribution < 1.29 is 9.90 Å². The minimum absolute atomic E-state index is 0.119. The lowest BCUT2D eigenvalue weighted by Gasteiger charge is -2.05. The third-order valence-corrected chi connectivity index (χ3v) is 4.25. The monoisotopic (exact) mass is 275 g/mol. The van der Waals surface area contributed by atoms with Gasteiger partial charge < -0.3 is 10.4 Å². The highest BCUT2D eigenvalue weighted by Gasteiger charge is 2.08. The number of nitrogens with one attached hydrogen (secondary N) is 1. The standard InChI is InChI=1S/C15H17NO2S/c1-9-7-13(19-11(9)3)8-16-15(18)12-4-5-14(17)10(2)6-12/h4-7,17H,8H2,1-3H3,(H,16,18). The lowest BCUT2D eigenvalue weighted by atomic mass is 10.1. The number of carbonyl (C=O) groups is 1. The summed E-state index contributed by atoms with van der Waals surface area (Å²) in [4.78, 5) is 14.4. The average molecular weight is 275 g/mol. The zero-order valence-electron chi connectivity index (χ0n) is 11.3. The molecule has 1 aromatic heterocycles. The zero-order valence-corrected chi connectivity index (χ0v) is 12.1. The Morgan fingerprint density at radius 1 is 1.21 bits per heavy atom. The second kappa shape index (κ2) is 5.45. The number of benzene rings is 1. The molecule has 0 aliphatic rings. The van der Waals surface area contributed by atoms with E-state index in [9.17, 15) is 9.90 Å². The maximum atomic E-state index is 12.0. The van der Waals surface area contributed by atoms with Gasteiger partial charge in [0.1, 0.15) is 5.75 Å². The number of aryl methyl sites for hydroxylation is 3. The molecule has 0 aliphatic heterocycles. The molecule has 0 radical (unpaired) electrons. The molecule has 1 heterocycles. The van der Waals surface area contributed by atoms with Crippen molar-refractivity contribution >= 4 is 17.2 Å². The van der Waals surface area contributed by atoms with Crippen molar-refractivity contribution in [2.75, 3.05) is 0 Å². The van der Waals surface area contributed by atoms with E-state index in [1.165, 1.54) is 10.4 Å². The Kier molecular flexibility index (Phi) is 3.90. The molecule has 1 amide bonds. The number of aromatic hydroxyl groups is 1. The van der Waals surface area contributed by atoms with E-state index < -0.39 is 0 Å². The maximum Gasteiger partial charge on any atom is 0.251 e. The van der Waals surface area contributed by atoms with Crippen LogP contribution in [0.3, 0.4) is 0 Å². The summed E-state index contributed by atoms with van der Waals surface area (Å²) in [5, 5.41) is 12.3. The molecule has 3 nitrogen and oxygen atoms in total. The van der Waals surface area contributed by atoms with E-state index >= 15 is 0 Å². The average Bonchev–Trinajstić information content (AvgIpc) is 2.69. The Morgan fingerprint density at radius 3 is 2.53 bits per heavy atom. The van der Waals surface area contributed by atoms with Crippen LogP contribution in [0.15, 0.2) is 24.3 Å². The Morgan fingerprint density at radius 2 is 1.95 bits per heavy atom. The van der Waals surface area contributed by atoms with Gasteiger partial charge in [-0.1, -0.05) is 0 Å². The molecule has 0 fully saturated rings. The first-order valence-electron chi connectivity index (χ1n) is 6.11. The molecular formula is C15H17NO2S. The number of hydrogen-bond acceptors (Lipinski definition) is 3. The van der Waals surface area contributed by atoms with Crippen LogP contribution in [-0.4, -0.2) is 11.0 Å². The van der Waals surface area contributed by atoms with E-state index in [0.717, 1.165) is 4.88 Å². The molecule has 0 saturated carbocycles. The molecule has 4 heteroatoms. The molecule has 0 atom stereocenters. The molecule has 0 saturated heterocycles. The molecule has 19 heavy (non-hydrogen) atoms. The second-order valence-corrected chi connectivity index (χ2v) is 5.98.